The highest BCUT2D eigenvalue weighted by Crippen LogP contribution is 2.20. The van der Waals surface area contributed by atoms with E-state index in [0.717, 1.165) is 32.4 Å². The number of piperidine rings is 1. The van der Waals surface area contributed by atoms with Gasteiger partial charge in [-0.25, -0.2) is 0 Å². The van der Waals surface area contributed by atoms with Crippen molar-refractivity contribution in [3.8, 4) is 0 Å². The summed E-state index contributed by atoms with van der Waals surface area (Å²) in [6.45, 7) is 3.47. The lowest BCUT2D eigenvalue weighted by molar-refractivity contribution is -0.137. The SMILES string of the molecule is COCCCNC(=O)CN1CCCC(CCC(=O)O)C1. The van der Waals surface area contributed by atoms with Gasteiger partial charge in [0.25, 0.3) is 0 Å². The minimum atomic E-state index is -0.738. The van der Waals surface area contributed by atoms with Crippen molar-refractivity contribution in [2.45, 2.75) is 32.1 Å². The summed E-state index contributed by atoms with van der Waals surface area (Å²) < 4.78 is 4.92. The molecule has 6 heteroatoms. The van der Waals surface area contributed by atoms with Crippen molar-refractivity contribution in [1.29, 1.82) is 0 Å². The number of carbonyl (C=O) groups is 2. The molecule has 0 bridgehead atoms. The van der Waals surface area contributed by atoms with Crippen LogP contribution in [0.3, 0.4) is 0 Å². The van der Waals surface area contributed by atoms with Crippen LogP contribution >= 0.6 is 0 Å². The smallest absolute Gasteiger partial charge is 0.303 e. The Hall–Kier alpha value is -1.14. The molecular formula is C14H26N2O4. The number of amides is 1. The van der Waals surface area contributed by atoms with Crippen molar-refractivity contribution in [3.63, 3.8) is 0 Å². The molecule has 0 aromatic heterocycles. The molecule has 1 fully saturated rings. The molecule has 1 amide bonds. The second kappa shape index (κ2) is 9.72. The zero-order valence-electron chi connectivity index (χ0n) is 12.3. The Morgan fingerprint density at radius 3 is 2.95 bits per heavy atom. The first-order valence-electron chi connectivity index (χ1n) is 7.31. The van der Waals surface area contributed by atoms with Crippen molar-refractivity contribution in [2.24, 2.45) is 5.92 Å². The van der Waals surface area contributed by atoms with Gasteiger partial charge in [0, 0.05) is 33.2 Å². The number of aliphatic carboxylic acids is 1. The minimum Gasteiger partial charge on any atom is -0.481 e. The van der Waals surface area contributed by atoms with Gasteiger partial charge in [-0.2, -0.15) is 0 Å². The van der Waals surface area contributed by atoms with Crippen LogP contribution < -0.4 is 5.32 Å². The number of likely N-dealkylation sites (tertiary alicyclic amines) is 1. The summed E-state index contributed by atoms with van der Waals surface area (Å²) in [7, 11) is 1.65. The van der Waals surface area contributed by atoms with Crippen molar-refractivity contribution in [3.05, 3.63) is 0 Å². The third-order valence-electron chi connectivity index (χ3n) is 3.58. The number of carboxylic acids is 1. The summed E-state index contributed by atoms with van der Waals surface area (Å²) in [5, 5.41) is 11.6. The van der Waals surface area contributed by atoms with E-state index >= 15 is 0 Å². The number of rotatable bonds is 9. The summed E-state index contributed by atoms with van der Waals surface area (Å²) in [4.78, 5) is 24.5. The predicted octanol–water partition coefficient (Wildman–Crippen LogP) is 0.716. The third-order valence-corrected chi connectivity index (χ3v) is 3.58. The summed E-state index contributed by atoms with van der Waals surface area (Å²) in [5.41, 5.74) is 0. The molecule has 1 unspecified atom stereocenters. The van der Waals surface area contributed by atoms with Crippen LogP contribution in [0.4, 0.5) is 0 Å². The van der Waals surface area contributed by atoms with E-state index in [-0.39, 0.29) is 12.3 Å². The van der Waals surface area contributed by atoms with Gasteiger partial charge in [-0.05, 0) is 38.1 Å². The highest BCUT2D eigenvalue weighted by atomic mass is 16.5. The molecule has 1 heterocycles. The molecule has 20 heavy (non-hydrogen) atoms. The molecular weight excluding hydrogens is 260 g/mol. The highest BCUT2D eigenvalue weighted by Gasteiger charge is 2.21. The molecule has 0 aromatic rings. The van der Waals surface area contributed by atoms with Gasteiger partial charge >= 0.3 is 5.97 Å². The molecule has 0 saturated carbocycles. The molecule has 1 saturated heterocycles. The van der Waals surface area contributed by atoms with Gasteiger partial charge in [0.2, 0.25) is 5.91 Å². The number of carbonyl (C=O) groups excluding carboxylic acids is 1. The van der Waals surface area contributed by atoms with Gasteiger partial charge in [0.05, 0.1) is 6.54 Å². The summed E-state index contributed by atoms with van der Waals surface area (Å²) >= 11 is 0. The fraction of sp³-hybridized carbons (Fsp3) is 0.857. The molecule has 0 aliphatic carbocycles. The van der Waals surface area contributed by atoms with E-state index in [2.05, 4.69) is 10.2 Å². The van der Waals surface area contributed by atoms with Gasteiger partial charge in [-0.1, -0.05) is 0 Å². The Kier molecular flexibility index (Phi) is 8.22. The molecule has 2 N–H and O–H groups in total. The Balaban J connectivity index is 2.18. The fourth-order valence-electron chi connectivity index (χ4n) is 2.56. The second-order valence-corrected chi connectivity index (χ2v) is 5.37. The molecule has 0 spiro atoms. The van der Waals surface area contributed by atoms with Crippen molar-refractivity contribution in [1.82, 2.24) is 10.2 Å². The quantitative estimate of drug-likeness (QED) is 0.611. The predicted molar refractivity (Wildman–Crippen MR) is 75.5 cm³/mol. The zero-order valence-corrected chi connectivity index (χ0v) is 12.3. The monoisotopic (exact) mass is 286 g/mol. The van der Waals surface area contributed by atoms with Crippen molar-refractivity contribution in [2.75, 3.05) is 39.9 Å². The maximum Gasteiger partial charge on any atom is 0.303 e. The highest BCUT2D eigenvalue weighted by molar-refractivity contribution is 5.77. The standard InChI is InChI=1S/C14H26N2O4/c1-20-9-3-7-15-13(17)11-16-8-2-4-12(10-16)5-6-14(18)19/h12H,2-11H2,1H3,(H,15,17)(H,18,19). The van der Waals surface area contributed by atoms with Crippen LogP contribution in [-0.2, 0) is 14.3 Å². The molecule has 1 atom stereocenters. The Morgan fingerprint density at radius 2 is 2.25 bits per heavy atom. The van der Waals surface area contributed by atoms with Crippen LogP contribution in [0.5, 0.6) is 0 Å². The third kappa shape index (κ3) is 7.45. The lowest BCUT2D eigenvalue weighted by Gasteiger charge is -2.32. The molecule has 0 radical (unpaired) electrons. The van der Waals surface area contributed by atoms with Gasteiger partial charge in [0.1, 0.15) is 0 Å². The van der Waals surface area contributed by atoms with Gasteiger partial charge in [0.15, 0.2) is 0 Å². The lowest BCUT2D eigenvalue weighted by atomic mass is 9.93. The summed E-state index contributed by atoms with van der Waals surface area (Å²) in [6.07, 6.45) is 3.87. The van der Waals surface area contributed by atoms with E-state index in [1.165, 1.54) is 0 Å². The first kappa shape index (κ1) is 16.9. The zero-order chi connectivity index (χ0) is 14.8. The Labute approximate surface area is 120 Å². The largest absolute Gasteiger partial charge is 0.481 e. The normalized spacial score (nSPS) is 19.8. The van der Waals surface area contributed by atoms with Crippen LogP contribution in [0.25, 0.3) is 0 Å². The van der Waals surface area contributed by atoms with E-state index in [4.69, 9.17) is 9.84 Å². The van der Waals surface area contributed by atoms with Crippen LogP contribution in [-0.4, -0.2) is 61.8 Å². The maximum atomic E-state index is 11.8. The molecule has 1 aliphatic rings. The molecule has 1 aliphatic heterocycles. The average Bonchev–Trinajstić information content (AvgIpc) is 2.42. The van der Waals surface area contributed by atoms with Gasteiger partial charge in [-0.15, -0.1) is 0 Å². The fourth-order valence-corrected chi connectivity index (χ4v) is 2.56. The van der Waals surface area contributed by atoms with Crippen LogP contribution in [0.2, 0.25) is 0 Å². The van der Waals surface area contributed by atoms with Crippen molar-refractivity contribution >= 4 is 11.9 Å². The summed E-state index contributed by atoms with van der Waals surface area (Å²) in [5.74, 6) is -0.292. The number of hydrogen-bond acceptors (Lipinski definition) is 4. The van der Waals surface area contributed by atoms with Crippen LogP contribution in [0.1, 0.15) is 32.1 Å². The first-order valence-corrected chi connectivity index (χ1v) is 7.31. The van der Waals surface area contributed by atoms with Crippen LogP contribution in [0.15, 0.2) is 0 Å². The molecule has 0 aromatic carbocycles. The summed E-state index contributed by atoms with van der Waals surface area (Å²) in [6, 6.07) is 0. The van der Waals surface area contributed by atoms with Crippen LogP contribution in [0, 0.1) is 5.92 Å². The molecule has 6 nitrogen and oxygen atoms in total. The van der Waals surface area contributed by atoms with E-state index in [0.29, 0.717) is 32.0 Å². The number of nitrogens with zero attached hydrogens (tertiary/aromatic N) is 1. The van der Waals surface area contributed by atoms with Crippen molar-refractivity contribution < 1.29 is 19.4 Å². The van der Waals surface area contributed by atoms with E-state index in [9.17, 15) is 9.59 Å². The average molecular weight is 286 g/mol. The first-order chi connectivity index (χ1) is 9.61. The number of nitrogens with one attached hydrogen (secondary N) is 1. The van der Waals surface area contributed by atoms with E-state index < -0.39 is 5.97 Å². The maximum absolute atomic E-state index is 11.8. The van der Waals surface area contributed by atoms with Gasteiger partial charge in [-0.3, -0.25) is 14.5 Å². The Bertz CT molecular complexity index is 310. The number of ether oxygens (including phenoxy) is 1. The Morgan fingerprint density at radius 1 is 1.45 bits per heavy atom. The number of hydrogen-bond donors (Lipinski definition) is 2. The number of carboxylic acid groups (broad SMARTS) is 1. The van der Waals surface area contributed by atoms with Gasteiger partial charge < -0.3 is 15.2 Å². The number of methoxy groups -OCH3 is 1. The molecule has 1 rings (SSSR count). The lowest BCUT2D eigenvalue weighted by Crippen LogP contribution is -2.42. The second-order valence-electron chi connectivity index (χ2n) is 5.37. The van der Waals surface area contributed by atoms with E-state index in [1.54, 1.807) is 7.11 Å². The minimum absolute atomic E-state index is 0.0417. The molecule has 116 valence electrons. The van der Waals surface area contributed by atoms with E-state index in [1.807, 2.05) is 0 Å². The topological polar surface area (TPSA) is 78.9 Å².